The Morgan fingerprint density at radius 2 is 2.39 bits per heavy atom. The van der Waals surface area contributed by atoms with E-state index in [1.807, 2.05) is 6.92 Å². The third kappa shape index (κ3) is 2.56. The number of hydrogen-bond acceptors (Lipinski definition) is 4. The Balaban J connectivity index is 2.15. The third-order valence-electron chi connectivity index (χ3n) is 3.63. The van der Waals surface area contributed by atoms with E-state index in [0.29, 0.717) is 6.54 Å². The van der Waals surface area contributed by atoms with Crippen molar-refractivity contribution in [3.8, 4) is 0 Å². The molecule has 1 aliphatic heterocycles. The fourth-order valence-corrected chi connectivity index (χ4v) is 2.77. The Morgan fingerprint density at radius 3 is 3.06 bits per heavy atom. The predicted molar refractivity (Wildman–Crippen MR) is 66.4 cm³/mol. The summed E-state index contributed by atoms with van der Waals surface area (Å²) in [5.74, 6) is 0.137. The molecular formula is C13H20N2O3. The third-order valence-corrected chi connectivity index (χ3v) is 3.63. The summed E-state index contributed by atoms with van der Waals surface area (Å²) in [5.41, 5.74) is 2.19. The van der Waals surface area contributed by atoms with Gasteiger partial charge in [0.05, 0.1) is 12.1 Å². The molecule has 5 nitrogen and oxygen atoms in total. The number of carboxylic acids is 1. The molecule has 0 saturated carbocycles. The molecule has 1 aromatic heterocycles. The van der Waals surface area contributed by atoms with Crippen LogP contribution in [0.5, 0.6) is 0 Å². The first-order chi connectivity index (χ1) is 8.63. The maximum Gasteiger partial charge on any atom is 0.304 e. The van der Waals surface area contributed by atoms with Crippen LogP contribution in [0.15, 0.2) is 4.52 Å². The molecule has 0 unspecified atom stereocenters. The number of carbonyl (C=O) groups is 1. The van der Waals surface area contributed by atoms with Crippen LogP contribution in [0.4, 0.5) is 0 Å². The summed E-state index contributed by atoms with van der Waals surface area (Å²) in [4.78, 5) is 12.9. The summed E-state index contributed by atoms with van der Waals surface area (Å²) < 4.78 is 5.28. The minimum absolute atomic E-state index is 0.197. The zero-order chi connectivity index (χ0) is 13.1. The number of carboxylic acid groups (broad SMARTS) is 1. The lowest BCUT2D eigenvalue weighted by molar-refractivity contribution is -0.137. The van der Waals surface area contributed by atoms with Gasteiger partial charge >= 0.3 is 5.97 Å². The van der Waals surface area contributed by atoms with Crippen molar-refractivity contribution in [3.63, 3.8) is 0 Å². The van der Waals surface area contributed by atoms with E-state index >= 15 is 0 Å². The Kier molecular flexibility index (Phi) is 4.01. The van der Waals surface area contributed by atoms with E-state index in [1.165, 1.54) is 5.56 Å². The van der Waals surface area contributed by atoms with Crippen LogP contribution in [-0.2, 0) is 11.2 Å². The predicted octanol–water partition coefficient (Wildman–Crippen LogP) is 2.16. The van der Waals surface area contributed by atoms with E-state index in [2.05, 4.69) is 17.0 Å². The van der Waals surface area contributed by atoms with Crippen LogP contribution in [0.3, 0.4) is 0 Å². The topological polar surface area (TPSA) is 66.6 Å². The quantitative estimate of drug-likeness (QED) is 0.869. The number of nitrogens with zero attached hydrogens (tertiary/aromatic N) is 2. The lowest BCUT2D eigenvalue weighted by Gasteiger charge is -2.23. The number of aryl methyl sites for hydroxylation is 2. The molecule has 5 heteroatoms. The van der Waals surface area contributed by atoms with E-state index in [0.717, 1.165) is 37.3 Å². The number of aliphatic carboxylic acids is 1. The van der Waals surface area contributed by atoms with Gasteiger partial charge in [-0.05, 0) is 32.7 Å². The van der Waals surface area contributed by atoms with Crippen LogP contribution in [0.25, 0.3) is 0 Å². The molecule has 1 atom stereocenters. The van der Waals surface area contributed by atoms with Crippen molar-refractivity contribution in [3.05, 3.63) is 17.0 Å². The van der Waals surface area contributed by atoms with Crippen LogP contribution in [-0.4, -0.2) is 34.2 Å². The molecule has 2 rings (SSSR count). The van der Waals surface area contributed by atoms with Gasteiger partial charge in [-0.3, -0.25) is 9.69 Å². The van der Waals surface area contributed by atoms with Crippen LogP contribution in [0, 0.1) is 6.92 Å². The molecule has 0 spiro atoms. The molecule has 1 saturated heterocycles. The maximum atomic E-state index is 10.7. The summed E-state index contributed by atoms with van der Waals surface area (Å²) >= 11 is 0. The summed E-state index contributed by atoms with van der Waals surface area (Å²) in [7, 11) is 0. The van der Waals surface area contributed by atoms with Crippen LogP contribution >= 0.6 is 0 Å². The van der Waals surface area contributed by atoms with Gasteiger partial charge in [-0.25, -0.2) is 0 Å². The Labute approximate surface area is 107 Å². The molecule has 0 radical (unpaired) electrons. The molecule has 0 aromatic carbocycles. The number of rotatable bonds is 5. The fraction of sp³-hybridized carbons (Fsp3) is 0.692. The average molecular weight is 252 g/mol. The second kappa shape index (κ2) is 5.52. The summed E-state index contributed by atoms with van der Waals surface area (Å²) in [6, 6.07) is 0.283. The van der Waals surface area contributed by atoms with Crippen LogP contribution in [0.1, 0.15) is 49.2 Å². The second-order valence-electron chi connectivity index (χ2n) is 4.79. The highest BCUT2D eigenvalue weighted by Crippen LogP contribution is 2.35. The van der Waals surface area contributed by atoms with Crippen LogP contribution in [0.2, 0.25) is 0 Å². The highest BCUT2D eigenvalue weighted by atomic mass is 16.5. The van der Waals surface area contributed by atoms with Crippen molar-refractivity contribution >= 4 is 5.97 Å². The zero-order valence-corrected chi connectivity index (χ0v) is 11.0. The summed E-state index contributed by atoms with van der Waals surface area (Å²) in [6.07, 6.45) is 3.23. The highest BCUT2D eigenvalue weighted by molar-refractivity contribution is 5.66. The van der Waals surface area contributed by atoms with Gasteiger partial charge < -0.3 is 9.63 Å². The smallest absolute Gasteiger partial charge is 0.304 e. The first-order valence-electron chi connectivity index (χ1n) is 6.54. The molecule has 18 heavy (non-hydrogen) atoms. The van der Waals surface area contributed by atoms with Crippen molar-refractivity contribution in [2.75, 3.05) is 13.1 Å². The Hall–Kier alpha value is -1.36. The lowest BCUT2D eigenvalue weighted by atomic mass is 10.0. The van der Waals surface area contributed by atoms with E-state index in [9.17, 15) is 4.79 Å². The van der Waals surface area contributed by atoms with E-state index in [1.54, 1.807) is 0 Å². The highest BCUT2D eigenvalue weighted by Gasteiger charge is 2.31. The van der Waals surface area contributed by atoms with Crippen molar-refractivity contribution in [2.24, 2.45) is 0 Å². The SMILES string of the molecule is CCc1noc(C)c1[C@H]1CCCN1CCC(=O)O. The monoisotopic (exact) mass is 252 g/mol. The van der Waals surface area contributed by atoms with Gasteiger partial charge in [-0.15, -0.1) is 0 Å². The van der Waals surface area contributed by atoms with Gasteiger partial charge in [0.1, 0.15) is 5.76 Å². The standard InChI is InChI=1S/C13H20N2O3/c1-3-10-13(9(2)18-14-10)11-5-4-7-15(11)8-6-12(16)17/h11H,3-8H2,1-2H3,(H,16,17)/t11-/m1/s1. The molecule has 0 bridgehead atoms. The van der Waals surface area contributed by atoms with Gasteiger partial charge in [0.2, 0.25) is 0 Å². The molecule has 100 valence electrons. The summed E-state index contributed by atoms with van der Waals surface area (Å²) in [5, 5.41) is 12.9. The van der Waals surface area contributed by atoms with Crippen molar-refractivity contribution in [1.82, 2.24) is 10.1 Å². The first kappa shape index (κ1) is 13.1. The van der Waals surface area contributed by atoms with Gasteiger partial charge in [0, 0.05) is 18.2 Å². The van der Waals surface area contributed by atoms with E-state index < -0.39 is 5.97 Å². The van der Waals surface area contributed by atoms with Crippen molar-refractivity contribution in [2.45, 2.75) is 45.6 Å². The average Bonchev–Trinajstić information content (AvgIpc) is 2.91. The molecule has 0 aliphatic carbocycles. The molecule has 0 amide bonds. The molecule has 2 heterocycles. The number of likely N-dealkylation sites (tertiary alicyclic amines) is 1. The van der Waals surface area contributed by atoms with Gasteiger partial charge in [0.15, 0.2) is 0 Å². The van der Waals surface area contributed by atoms with Crippen molar-refractivity contribution in [1.29, 1.82) is 0 Å². The summed E-state index contributed by atoms with van der Waals surface area (Å²) in [6.45, 7) is 5.58. The second-order valence-corrected chi connectivity index (χ2v) is 4.79. The fourth-order valence-electron chi connectivity index (χ4n) is 2.77. The van der Waals surface area contributed by atoms with E-state index in [-0.39, 0.29) is 12.5 Å². The van der Waals surface area contributed by atoms with Gasteiger partial charge in [-0.2, -0.15) is 0 Å². The Bertz CT molecular complexity index is 428. The minimum atomic E-state index is -0.738. The number of hydrogen-bond donors (Lipinski definition) is 1. The number of aromatic nitrogens is 1. The largest absolute Gasteiger partial charge is 0.481 e. The van der Waals surface area contributed by atoms with Gasteiger partial charge in [-0.1, -0.05) is 12.1 Å². The van der Waals surface area contributed by atoms with Gasteiger partial charge in [0.25, 0.3) is 0 Å². The maximum absolute atomic E-state index is 10.7. The molecular weight excluding hydrogens is 232 g/mol. The van der Waals surface area contributed by atoms with Crippen LogP contribution < -0.4 is 0 Å². The lowest BCUT2D eigenvalue weighted by Crippen LogP contribution is -2.26. The molecule has 1 N–H and O–H groups in total. The normalized spacial score (nSPS) is 20.4. The van der Waals surface area contributed by atoms with Crippen molar-refractivity contribution < 1.29 is 14.4 Å². The molecule has 1 aliphatic rings. The zero-order valence-electron chi connectivity index (χ0n) is 11.0. The molecule has 1 fully saturated rings. The Morgan fingerprint density at radius 1 is 1.61 bits per heavy atom. The minimum Gasteiger partial charge on any atom is -0.481 e. The van der Waals surface area contributed by atoms with E-state index in [4.69, 9.17) is 9.63 Å². The molecule has 1 aromatic rings. The first-order valence-corrected chi connectivity index (χ1v) is 6.54.